The maximum absolute atomic E-state index is 2.36. The summed E-state index contributed by atoms with van der Waals surface area (Å²) < 4.78 is 0. The Kier molecular flexibility index (Phi) is 14.1. The molecule has 82 valence electrons. The third-order valence-electron chi connectivity index (χ3n) is 2.29. The van der Waals surface area contributed by atoms with Gasteiger partial charge in [0.05, 0.1) is 0 Å². The Labute approximate surface area is 83.6 Å². The standard InChI is InChI=1S/C6H14.C5H11N.H2O/c1-3-5-6-4-2;1-6-4-2-3-5-6;/h3-6H2,1-2H3;2-5H2,1H3;1H2. The predicted octanol–water partition coefficient (Wildman–Crippen LogP) is 2.47. The van der Waals surface area contributed by atoms with Crippen LogP contribution in [-0.4, -0.2) is 30.5 Å². The number of nitrogens with zero attached hydrogens (tertiary/aromatic N) is 1. The third-order valence-corrected chi connectivity index (χ3v) is 2.29. The van der Waals surface area contributed by atoms with Gasteiger partial charge in [-0.1, -0.05) is 39.5 Å². The monoisotopic (exact) mass is 189 g/mol. The van der Waals surface area contributed by atoms with E-state index in [-0.39, 0.29) is 5.48 Å². The zero-order valence-electron chi connectivity index (χ0n) is 9.60. The highest BCUT2D eigenvalue weighted by Gasteiger charge is 2.03. The zero-order chi connectivity index (χ0) is 9.23. The first-order chi connectivity index (χ1) is 5.81. The molecule has 0 spiro atoms. The maximum atomic E-state index is 2.36. The number of unbranched alkanes of at least 4 members (excludes halogenated alkanes) is 3. The highest BCUT2D eigenvalue weighted by Crippen LogP contribution is 2.02. The van der Waals surface area contributed by atoms with Crippen molar-refractivity contribution in [3.8, 4) is 0 Å². The summed E-state index contributed by atoms with van der Waals surface area (Å²) in [5.41, 5.74) is 0. The largest absolute Gasteiger partial charge is 0.412 e. The molecule has 0 amide bonds. The van der Waals surface area contributed by atoms with Crippen LogP contribution in [0.5, 0.6) is 0 Å². The molecule has 0 unspecified atom stereocenters. The van der Waals surface area contributed by atoms with Crippen molar-refractivity contribution in [3.63, 3.8) is 0 Å². The van der Waals surface area contributed by atoms with Gasteiger partial charge >= 0.3 is 0 Å². The fraction of sp³-hybridized carbons (Fsp3) is 1.00. The molecule has 2 N–H and O–H groups in total. The molecule has 1 aliphatic rings. The molecule has 1 rings (SSSR count). The lowest BCUT2D eigenvalue weighted by molar-refractivity contribution is 0.418. The average molecular weight is 189 g/mol. The molecule has 1 aliphatic heterocycles. The Balaban J connectivity index is 0. The van der Waals surface area contributed by atoms with Crippen molar-refractivity contribution in [1.29, 1.82) is 0 Å². The Bertz CT molecular complexity index is 76.2. The van der Waals surface area contributed by atoms with Crippen LogP contribution in [0, 0.1) is 0 Å². The van der Waals surface area contributed by atoms with Crippen LogP contribution < -0.4 is 0 Å². The van der Waals surface area contributed by atoms with Gasteiger partial charge in [-0.25, -0.2) is 0 Å². The second-order valence-electron chi connectivity index (χ2n) is 3.72. The first-order valence-corrected chi connectivity index (χ1v) is 5.49. The molecule has 1 heterocycles. The normalized spacial score (nSPS) is 15.9. The molecule has 1 fully saturated rings. The van der Waals surface area contributed by atoms with E-state index in [2.05, 4.69) is 25.8 Å². The average Bonchev–Trinajstić information content (AvgIpc) is 2.53. The summed E-state index contributed by atoms with van der Waals surface area (Å²) in [6, 6.07) is 0. The minimum Gasteiger partial charge on any atom is -0.412 e. The van der Waals surface area contributed by atoms with E-state index < -0.39 is 0 Å². The van der Waals surface area contributed by atoms with Crippen LogP contribution in [0.25, 0.3) is 0 Å². The highest BCUT2D eigenvalue weighted by molar-refractivity contribution is 4.59. The van der Waals surface area contributed by atoms with Gasteiger partial charge in [0.2, 0.25) is 0 Å². The van der Waals surface area contributed by atoms with E-state index in [1.54, 1.807) is 0 Å². The van der Waals surface area contributed by atoms with E-state index >= 15 is 0 Å². The Hall–Kier alpha value is -0.0800. The van der Waals surface area contributed by atoms with Gasteiger partial charge in [0, 0.05) is 0 Å². The van der Waals surface area contributed by atoms with Crippen molar-refractivity contribution < 1.29 is 5.48 Å². The van der Waals surface area contributed by atoms with Crippen molar-refractivity contribution in [2.75, 3.05) is 20.1 Å². The van der Waals surface area contributed by atoms with E-state index in [1.165, 1.54) is 51.6 Å². The van der Waals surface area contributed by atoms with Crippen molar-refractivity contribution in [2.24, 2.45) is 0 Å². The van der Waals surface area contributed by atoms with E-state index in [1.807, 2.05) is 0 Å². The molecule has 0 aromatic heterocycles. The molecule has 0 saturated carbocycles. The molecule has 0 atom stereocenters. The molecule has 0 aliphatic carbocycles. The molecule has 2 nitrogen and oxygen atoms in total. The summed E-state index contributed by atoms with van der Waals surface area (Å²) in [6.45, 7) is 7.10. The molecule has 13 heavy (non-hydrogen) atoms. The Morgan fingerprint density at radius 3 is 1.46 bits per heavy atom. The number of hydrogen-bond acceptors (Lipinski definition) is 1. The lowest BCUT2D eigenvalue weighted by atomic mass is 10.2. The van der Waals surface area contributed by atoms with Gasteiger partial charge in [-0.3, -0.25) is 0 Å². The van der Waals surface area contributed by atoms with E-state index in [0.717, 1.165) is 0 Å². The summed E-state index contributed by atoms with van der Waals surface area (Å²) in [5.74, 6) is 0. The Morgan fingerprint density at radius 1 is 0.923 bits per heavy atom. The predicted molar refractivity (Wildman–Crippen MR) is 60.2 cm³/mol. The molecule has 0 aromatic rings. The summed E-state index contributed by atoms with van der Waals surface area (Å²) >= 11 is 0. The Morgan fingerprint density at radius 2 is 1.31 bits per heavy atom. The van der Waals surface area contributed by atoms with Crippen molar-refractivity contribution >= 4 is 0 Å². The second kappa shape index (κ2) is 11.9. The molecule has 0 radical (unpaired) electrons. The van der Waals surface area contributed by atoms with Crippen LogP contribution >= 0.6 is 0 Å². The van der Waals surface area contributed by atoms with Crippen LogP contribution in [0.2, 0.25) is 0 Å². The van der Waals surface area contributed by atoms with Crippen molar-refractivity contribution in [3.05, 3.63) is 0 Å². The number of hydrogen-bond donors (Lipinski definition) is 0. The van der Waals surface area contributed by atoms with Crippen molar-refractivity contribution in [2.45, 2.75) is 52.4 Å². The third kappa shape index (κ3) is 11.9. The van der Waals surface area contributed by atoms with Crippen LogP contribution in [0.1, 0.15) is 52.4 Å². The van der Waals surface area contributed by atoms with E-state index in [0.29, 0.717) is 0 Å². The first kappa shape index (κ1) is 15.4. The SMILES string of the molecule is CCCCCC.CN1CCCC1.O. The van der Waals surface area contributed by atoms with Gasteiger partial charge in [0.25, 0.3) is 0 Å². The summed E-state index contributed by atoms with van der Waals surface area (Å²) in [7, 11) is 2.17. The van der Waals surface area contributed by atoms with Gasteiger partial charge in [0.15, 0.2) is 0 Å². The number of likely N-dealkylation sites (tertiary alicyclic amines) is 1. The van der Waals surface area contributed by atoms with Crippen LogP contribution in [-0.2, 0) is 0 Å². The van der Waals surface area contributed by atoms with Crippen LogP contribution in [0.15, 0.2) is 0 Å². The number of rotatable bonds is 3. The van der Waals surface area contributed by atoms with Crippen LogP contribution in [0.4, 0.5) is 0 Å². The van der Waals surface area contributed by atoms with E-state index in [4.69, 9.17) is 0 Å². The second-order valence-corrected chi connectivity index (χ2v) is 3.72. The molecule has 2 heteroatoms. The quantitative estimate of drug-likeness (QED) is 0.628. The maximum Gasteiger partial charge on any atom is -0.00213 e. The molecular formula is C11H27NO. The van der Waals surface area contributed by atoms with Gasteiger partial charge < -0.3 is 10.4 Å². The lowest BCUT2D eigenvalue weighted by Gasteiger charge is -2.01. The van der Waals surface area contributed by atoms with Gasteiger partial charge in [-0.15, -0.1) is 0 Å². The lowest BCUT2D eigenvalue weighted by Crippen LogP contribution is -2.10. The molecular weight excluding hydrogens is 162 g/mol. The fourth-order valence-corrected chi connectivity index (χ4v) is 1.38. The minimum absolute atomic E-state index is 0. The summed E-state index contributed by atoms with van der Waals surface area (Å²) in [5, 5.41) is 0. The molecule has 1 saturated heterocycles. The van der Waals surface area contributed by atoms with Crippen molar-refractivity contribution in [1.82, 2.24) is 4.90 Å². The highest BCUT2D eigenvalue weighted by atomic mass is 16.0. The molecule has 0 aromatic carbocycles. The first-order valence-electron chi connectivity index (χ1n) is 5.49. The topological polar surface area (TPSA) is 34.7 Å². The zero-order valence-corrected chi connectivity index (χ0v) is 9.60. The smallest absolute Gasteiger partial charge is 0.00213 e. The summed E-state index contributed by atoms with van der Waals surface area (Å²) in [4.78, 5) is 2.36. The van der Waals surface area contributed by atoms with Gasteiger partial charge in [0.1, 0.15) is 0 Å². The van der Waals surface area contributed by atoms with Gasteiger partial charge in [-0.05, 0) is 33.0 Å². The summed E-state index contributed by atoms with van der Waals surface area (Å²) in [6.07, 6.45) is 8.36. The minimum atomic E-state index is 0. The van der Waals surface area contributed by atoms with Crippen LogP contribution in [0.3, 0.4) is 0 Å². The van der Waals surface area contributed by atoms with E-state index in [9.17, 15) is 0 Å². The fourth-order valence-electron chi connectivity index (χ4n) is 1.38. The van der Waals surface area contributed by atoms with Gasteiger partial charge in [-0.2, -0.15) is 0 Å². The molecule has 0 bridgehead atoms.